The lowest BCUT2D eigenvalue weighted by atomic mass is 10.1. The van der Waals surface area contributed by atoms with E-state index in [0.29, 0.717) is 5.92 Å². The Morgan fingerprint density at radius 1 is 1.10 bits per heavy atom. The second-order valence-corrected chi connectivity index (χ2v) is 5.34. The first-order chi connectivity index (χ1) is 9.69. The van der Waals surface area contributed by atoms with Crippen LogP contribution in [0.3, 0.4) is 0 Å². The molecule has 0 unspecified atom stereocenters. The van der Waals surface area contributed by atoms with Crippen molar-refractivity contribution in [3.05, 3.63) is 53.5 Å². The number of aromatic nitrogens is 2. The zero-order valence-electron chi connectivity index (χ0n) is 12.6. The molecule has 0 amide bonds. The van der Waals surface area contributed by atoms with Gasteiger partial charge in [-0.05, 0) is 17.9 Å². The van der Waals surface area contributed by atoms with Crippen LogP contribution in [-0.2, 0) is 6.42 Å². The molecule has 2 rings (SSSR count). The largest absolute Gasteiger partial charge is 0.370 e. The summed E-state index contributed by atoms with van der Waals surface area (Å²) in [7, 11) is 0. The molecule has 1 aromatic carbocycles. The second-order valence-electron chi connectivity index (χ2n) is 5.34. The van der Waals surface area contributed by atoms with Crippen LogP contribution in [0, 0.1) is 0 Å². The third-order valence-electron chi connectivity index (χ3n) is 3.14. The lowest BCUT2D eigenvalue weighted by Crippen LogP contribution is -2.08. The van der Waals surface area contributed by atoms with Crippen LogP contribution in [0.2, 0.25) is 0 Å². The Morgan fingerprint density at radius 3 is 2.50 bits per heavy atom. The first-order valence-corrected chi connectivity index (χ1v) is 7.34. The molecule has 0 saturated carbocycles. The Kier molecular flexibility index (Phi) is 5.10. The van der Waals surface area contributed by atoms with Crippen molar-refractivity contribution in [2.24, 2.45) is 0 Å². The van der Waals surface area contributed by atoms with Gasteiger partial charge in [0.05, 0.1) is 0 Å². The van der Waals surface area contributed by atoms with Gasteiger partial charge in [-0.2, -0.15) is 0 Å². The minimum Gasteiger partial charge on any atom is -0.370 e. The molecule has 0 aliphatic heterocycles. The van der Waals surface area contributed by atoms with Crippen LogP contribution < -0.4 is 5.32 Å². The van der Waals surface area contributed by atoms with Gasteiger partial charge in [-0.1, -0.05) is 51.1 Å². The molecule has 1 N–H and O–H groups in total. The number of rotatable bonds is 6. The van der Waals surface area contributed by atoms with E-state index in [1.54, 1.807) is 0 Å². The summed E-state index contributed by atoms with van der Waals surface area (Å²) in [5, 5.41) is 3.36. The maximum Gasteiger partial charge on any atom is 0.135 e. The van der Waals surface area contributed by atoms with E-state index in [0.717, 1.165) is 36.7 Å². The topological polar surface area (TPSA) is 37.8 Å². The molecule has 3 nitrogen and oxygen atoms in total. The van der Waals surface area contributed by atoms with E-state index < -0.39 is 0 Å². The zero-order chi connectivity index (χ0) is 14.4. The number of hydrogen-bond donors (Lipinski definition) is 1. The van der Waals surface area contributed by atoms with Crippen molar-refractivity contribution in [3.63, 3.8) is 0 Å². The van der Waals surface area contributed by atoms with Crippen LogP contribution in [-0.4, -0.2) is 16.5 Å². The molecule has 1 aromatic heterocycles. The minimum absolute atomic E-state index is 0.412. The van der Waals surface area contributed by atoms with E-state index in [-0.39, 0.29) is 0 Å². The van der Waals surface area contributed by atoms with Gasteiger partial charge in [0.2, 0.25) is 0 Å². The number of anilines is 1. The number of hydrogen-bond acceptors (Lipinski definition) is 3. The van der Waals surface area contributed by atoms with E-state index >= 15 is 0 Å². The van der Waals surface area contributed by atoms with E-state index in [1.165, 1.54) is 5.56 Å². The summed E-state index contributed by atoms with van der Waals surface area (Å²) in [6.07, 6.45) is 1.87. The Balaban J connectivity index is 2.24. The monoisotopic (exact) mass is 269 g/mol. The highest BCUT2D eigenvalue weighted by molar-refractivity contribution is 5.37. The molecule has 2 aromatic rings. The zero-order valence-corrected chi connectivity index (χ0v) is 12.6. The molecule has 3 heteroatoms. The first kappa shape index (κ1) is 14.5. The van der Waals surface area contributed by atoms with E-state index in [9.17, 15) is 0 Å². The van der Waals surface area contributed by atoms with Gasteiger partial charge in [0.25, 0.3) is 0 Å². The number of nitrogens with zero attached hydrogens (tertiary/aromatic N) is 2. The van der Waals surface area contributed by atoms with Crippen molar-refractivity contribution in [3.8, 4) is 0 Å². The number of nitrogens with one attached hydrogen (secondary N) is 1. The van der Waals surface area contributed by atoms with Gasteiger partial charge >= 0.3 is 0 Å². The van der Waals surface area contributed by atoms with Crippen LogP contribution in [0.5, 0.6) is 0 Å². The summed E-state index contributed by atoms with van der Waals surface area (Å²) in [5.74, 6) is 2.24. The fourth-order valence-electron chi connectivity index (χ4n) is 2.01. The molecule has 20 heavy (non-hydrogen) atoms. The van der Waals surface area contributed by atoms with E-state index in [2.05, 4.69) is 66.4 Å². The molecule has 0 spiro atoms. The van der Waals surface area contributed by atoms with Crippen molar-refractivity contribution in [2.75, 3.05) is 11.9 Å². The highest BCUT2D eigenvalue weighted by atomic mass is 15.0. The molecule has 0 bridgehead atoms. The molecular weight excluding hydrogens is 246 g/mol. The lowest BCUT2D eigenvalue weighted by Gasteiger charge is -2.11. The van der Waals surface area contributed by atoms with Gasteiger partial charge in [0.1, 0.15) is 11.6 Å². The van der Waals surface area contributed by atoms with E-state index in [4.69, 9.17) is 0 Å². The van der Waals surface area contributed by atoms with Gasteiger partial charge in [0.15, 0.2) is 0 Å². The van der Waals surface area contributed by atoms with Gasteiger partial charge in [-0.15, -0.1) is 0 Å². The highest BCUT2D eigenvalue weighted by Crippen LogP contribution is 2.17. The summed E-state index contributed by atoms with van der Waals surface area (Å²) in [4.78, 5) is 9.31. The second kappa shape index (κ2) is 7.04. The van der Waals surface area contributed by atoms with Gasteiger partial charge in [-0.25, -0.2) is 9.97 Å². The Bertz CT molecular complexity index is 535. The van der Waals surface area contributed by atoms with E-state index in [1.807, 2.05) is 6.07 Å². The Labute approximate surface area is 121 Å². The summed E-state index contributed by atoms with van der Waals surface area (Å²) < 4.78 is 0. The predicted molar refractivity (Wildman–Crippen MR) is 84.1 cm³/mol. The average Bonchev–Trinajstić information content (AvgIpc) is 2.46. The molecule has 0 atom stereocenters. The van der Waals surface area contributed by atoms with Crippen molar-refractivity contribution in [1.29, 1.82) is 0 Å². The predicted octanol–water partition coefficient (Wildman–Crippen LogP) is 4.01. The molecule has 1 heterocycles. The van der Waals surface area contributed by atoms with Crippen LogP contribution in [0.4, 0.5) is 5.82 Å². The molecule has 0 fully saturated rings. The Morgan fingerprint density at radius 2 is 1.85 bits per heavy atom. The summed E-state index contributed by atoms with van der Waals surface area (Å²) in [6, 6.07) is 12.4. The standard InChI is InChI=1S/C17H23N3/c1-4-10-18-16-12-15(13(2)3)19-17(20-16)11-14-8-6-5-7-9-14/h5-9,12-13H,4,10-11H2,1-3H3,(H,18,19,20). The third kappa shape index (κ3) is 4.05. The molecule has 0 radical (unpaired) electrons. The first-order valence-electron chi connectivity index (χ1n) is 7.34. The summed E-state index contributed by atoms with van der Waals surface area (Å²) in [5.41, 5.74) is 2.35. The van der Waals surface area contributed by atoms with Gasteiger partial charge < -0.3 is 5.32 Å². The fourth-order valence-corrected chi connectivity index (χ4v) is 2.01. The van der Waals surface area contributed by atoms with Crippen molar-refractivity contribution in [2.45, 2.75) is 39.5 Å². The molecule has 106 valence electrons. The van der Waals surface area contributed by atoms with Crippen molar-refractivity contribution < 1.29 is 0 Å². The van der Waals surface area contributed by atoms with Crippen LogP contribution in [0.1, 0.15) is 50.2 Å². The maximum atomic E-state index is 4.69. The third-order valence-corrected chi connectivity index (χ3v) is 3.14. The van der Waals surface area contributed by atoms with Crippen molar-refractivity contribution >= 4 is 5.82 Å². The quantitative estimate of drug-likeness (QED) is 0.861. The average molecular weight is 269 g/mol. The van der Waals surface area contributed by atoms with Crippen LogP contribution in [0.15, 0.2) is 36.4 Å². The molecule has 0 aliphatic carbocycles. The highest BCUT2D eigenvalue weighted by Gasteiger charge is 2.08. The number of benzene rings is 1. The minimum atomic E-state index is 0.412. The smallest absolute Gasteiger partial charge is 0.135 e. The van der Waals surface area contributed by atoms with Gasteiger partial charge in [-0.3, -0.25) is 0 Å². The maximum absolute atomic E-state index is 4.69. The Hall–Kier alpha value is -1.90. The molecule has 0 aliphatic rings. The lowest BCUT2D eigenvalue weighted by molar-refractivity contribution is 0.790. The summed E-state index contributed by atoms with van der Waals surface area (Å²) in [6.45, 7) is 7.43. The fraction of sp³-hybridized carbons (Fsp3) is 0.412. The molecular formula is C17H23N3. The normalized spacial score (nSPS) is 10.8. The van der Waals surface area contributed by atoms with Crippen molar-refractivity contribution in [1.82, 2.24) is 9.97 Å². The SMILES string of the molecule is CCCNc1cc(C(C)C)nc(Cc2ccccc2)n1. The molecule has 0 saturated heterocycles. The summed E-state index contributed by atoms with van der Waals surface area (Å²) >= 11 is 0. The van der Waals surface area contributed by atoms with Crippen LogP contribution >= 0.6 is 0 Å². The van der Waals surface area contributed by atoms with Gasteiger partial charge in [0, 0.05) is 24.7 Å². The van der Waals surface area contributed by atoms with Crippen LogP contribution in [0.25, 0.3) is 0 Å².